The van der Waals surface area contributed by atoms with E-state index < -0.39 is 0 Å². The monoisotopic (exact) mass is 265 g/mol. The number of hydrogen-bond acceptors (Lipinski definition) is 3. The second kappa shape index (κ2) is 6.08. The van der Waals surface area contributed by atoms with E-state index >= 15 is 0 Å². The van der Waals surface area contributed by atoms with Crippen LogP contribution in [0.25, 0.3) is 0 Å². The van der Waals surface area contributed by atoms with Gasteiger partial charge in [-0.05, 0) is 19.8 Å². The Morgan fingerprint density at radius 1 is 1.42 bits per heavy atom. The quantitative estimate of drug-likeness (QED) is 0.879. The Morgan fingerprint density at radius 3 is 2.79 bits per heavy atom. The molecular formula is C14H23N3O2. The molecule has 2 amide bonds. The van der Waals surface area contributed by atoms with Crippen LogP contribution < -0.4 is 10.6 Å². The lowest BCUT2D eigenvalue weighted by molar-refractivity contribution is 0.210. The Labute approximate surface area is 114 Å². The van der Waals surface area contributed by atoms with Gasteiger partial charge in [0.25, 0.3) is 0 Å². The van der Waals surface area contributed by atoms with Gasteiger partial charge in [-0.3, -0.25) is 0 Å². The molecule has 1 aliphatic carbocycles. The Balaban J connectivity index is 1.77. The molecule has 5 heteroatoms. The Bertz CT molecular complexity index is 422. The average Bonchev–Trinajstić information content (AvgIpc) is 2.84. The van der Waals surface area contributed by atoms with Crippen LogP contribution in [0.4, 0.5) is 4.79 Å². The van der Waals surface area contributed by atoms with Crippen LogP contribution in [0.2, 0.25) is 0 Å². The largest absolute Gasteiger partial charge is 0.444 e. The summed E-state index contributed by atoms with van der Waals surface area (Å²) in [6.45, 7) is 4.49. The van der Waals surface area contributed by atoms with E-state index in [4.69, 9.17) is 4.42 Å². The van der Waals surface area contributed by atoms with E-state index in [1.54, 1.807) is 6.20 Å². The van der Waals surface area contributed by atoms with Crippen LogP contribution in [0, 0.1) is 0 Å². The number of carbonyl (C=O) groups is 1. The third-order valence-corrected chi connectivity index (χ3v) is 3.70. The van der Waals surface area contributed by atoms with Gasteiger partial charge in [-0.1, -0.05) is 26.2 Å². The molecule has 1 aromatic rings. The van der Waals surface area contributed by atoms with Gasteiger partial charge in [-0.25, -0.2) is 9.78 Å². The van der Waals surface area contributed by atoms with E-state index in [9.17, 15) is 4.79 Å². The molecule has 1 aliphatic rings. The number of aromatic nitrogens is 1. The molecule has 0 atom stereocenters. The molecular weight excluding hydrogens is 242 g/mol. The van der Waals surface area contributed by atoms with Gasteiger partial charge in [-0.2, -0.15) is 0 Å². The summed E-state index contributed by atoms with van der Waals surface area (Å²) in [5, 5.41) is 5.90. The normalized spacial score (nSPS) is 18.0. The number of aryl methyl sites for hydroxylation is 1. The number of oxazole rings is 1. The highest BCUT2D eigenvalue weighted by atomic mass is 16.4. The molecule has 0 radical (unpaired) electrons. The standard InChI is InChI=1S/C14H23N3O2/c1-3-12-15-9-11(19-12)10-16-13(18)17-14(2)7-5-4-6-8-14/h9H,3-8,10H2,1-2H3,(H2,16,17,18). The molecule has 1 heterocycles. The summed E-state index contributed by atoms with van der Waals surface area (Å²) < 4.78 is 5.44. The van der Waals surface area contributed by atoms with E-state index in [1.165, 1.54) is 19.3 Å². The second-order valence-electron chi connectivity index (χ2n) is 5.50. The molecule has 0 bridgehead atoms. The summed E-state index contributed by atoms with van der Waals surface area (Å²) in [6, 6.07) is -0.126. The zero-order valence-corrected chi connectivity index (χ0v) is 11.8. The van der Waals surface area contributed by atoms with Crippen molar-refractivity contribution in [3.05, 3.63) is 17.8 Å². The Kier molecular flexibility index (Phi) is 4.45. The fourth-order valence-corrected chi connectivity index (χ4v) is 2.54. The van der Waals surface area contributed by atoms with E-state index in [-0.39, 0.29) is 11.6 Å². The van der Waals surface area contributed by atoms with Crippen molar-refractivity contribution in [3.63, 3.8) is 0 Å². The first kappa shape index (κ1) is 13.9. The summed E-state index contributed by atoms with van der Waals surface area (Å²) >= 11 is 0. The highest BCUT2D eigenvalue weighted by Crippen LogP contribution is 2.27. The summed E-state index contributed by atoms with van der Waals surface area (Å²) in [6.07, 6.45) is 8.21. The minimum Gasteiger partial charge on any atom is -0.444 e. The van der Waals surface area contributed by atoms with E-state index in [2.05, 4.69) is 22.5 Å². The Hall–Kier alpha value is -1.52. The minimum absolute atomic E-state index is 0.0572. The highest BCUT2D eigenvalue weighted by molar-refractivity contribution is 5.74. The highest BCUT2D eigenvalue weighted by Gasteiger charge is 2.28. The van der Waals surface area contributed by atoms with Crippen LogP contribution in [-0.2, 0) is 13.0 Å². The fourth-order valence-electron chi connectivity index (χ4n) is 2.54. The fraction of sp³-hybridized carbons (Fsp3) is 0.714. The molecule has 5 nitrogen and oxygen atoms in total. The smallest absolute Gasteiger partial charge is 0.315 e. The molecule has 1 fully saturated rings. The van der Waals surface area contributed by atoms with E-state index in [0.29, 0.717) is 18.2 Å². The second-order valence-corrected chi connectivity index (χ2v) is 5.50. The molecule has 0 spiro atoms. The van der Waals surface area contributed by atoms with Gasteiger partial charge in [-0.15, -0.1) is 0 Å². The molecule has 1 aromatic heterocycles. The first-order valence-corrected chi connectivity index (χ1v) is 7.11. The van der Waals surface area contributed by atoms with Crippen molar-refractivity contribution in [2.45, 2.75) is 64.5 Å². The van der Waals surface area contributed by atoms with Crippen LogP contribution in [0.15, 0.2) is 10.6 Å². The third kappa shape index (κ3) is 3.98. The van der Waals surface area contributed by atoms with Gasteiger partial charge >= 0.3 is 6.03 Å². The molecule has 1 saturated carbocycles. The lowest BCUT2D eigenvalue weighted by atomic mass is 9.83. The lowest BCUT2D eigenvalue weighted by Gasteiger charge is -2.34. The van der Waals surface area contributed by atoms with Crippen LogP contribution in [0.5, 0.6) is 0 Å². The van der Waals surface area contributed by atoms with Crippen LogP contribution in [0.1, 0.15) is 57.6 Å². The molecule has 2 rings (SSSR count). The number of nitrogens with one attached hydrogen (secondary N) is 2. The number of carbonyl (C=O) groups excluding carboxylic acids is 1. The number of urea groups is 1. The molecule has 0 unspecified atom stereocenters. The molecule has 2 N–H and O–H groups in total. The van der Waals surface area contributed by atoms with E-state index in [1.807, 2.05) is 6.92 Å². The zero-order valence-electron chi connectivity index (χ0n) is 11.8. The maximum Gasteiger partial charge on any atom is 0.315 e. The van der Waals surface area contributed by atoms with Gasteiger partial charge in [0.05, 0.1) is 12.7 Å². The van der Waals surface area contributed by atoms with Gasteiger partial charge < -0.3 is 15.1 Å². The lowest BCUT2D eigenvalue weighted by Crippen LogP contribution is -2.50. The zero-order chi connectivity index (χ0) is 13.7. The molecule has 0 saturated heterocycles. The number of rotatable bonds is 4. The number of amides is 2. The third-order valence-electron chi connectivity index (χ3n) is 3.70. The van der Waals surface area contributed by atoms with Crippen LogP contribution in [-0.4, -0.2) is 16.6 Å². The Morgan fingerprint density at radius 2 is 2.16 bits per heavy atom. The SMILES string of the molecule is CCc1ncc(CNC(=O)NC2(C)CCCCC2)o1. The maximum absolute atomic E-state index is 11.9. The van der Waals surface area contributed by atoms with Crippen molar-refractivity contribution in [3.8, 4) is 0 Å². The van der Waals surface area contributed by atoms with E-state index in [0.717, 1.165) is 19.3 Å². The van der Waals surface area contributed by atoms with Gasteiger partial charge in [0.1, 0.15) is 5.76 Å². The van der Waals surface area contributed by atoms with Crippen LogP contribution in [0.3, 0.4) is 0 Å². The average molecular weight is 265 g/mol. The van der Waals surface area contributed by atoms with Gasteiger partial charge in [0.2, 0.25) is 0 Å². The molecule has 106 valence electrons. The van der Waals surface area contributed by atoms with Gasteiger partial charge in [0.15, 0.2) is 5.89 Å². The summed E-state index contributed by atoms with van der Waals surface area (Å²) in [4.78, 5) is 16.0. The molecule has 0 aliphatic heterocycles. The summed E-state index contributed by atoms with van der Waals surface area (Å²) in [5.74, 6) is 1.40. The van der Waals surface area contributed by atoms with Crippen LogP contribution >= 0.6 is 0 Å². The first-order valence-electron chi connectivity index (χ1n) is 7.11. The van der Waals surface area contributed by atoms with Crippen molar-refractivity contribution in [1.29, 1.82) is 0 Å². The predicted octanol–water partition coefficient (Wildman–Crippen LogP) is 2.76. The first-order chi connectivity index (χ1) is 9.11. The predicted molar refractivity (Wildman–Crippen MR) is 72.7 cm³/mol. The van der Waals surface area contributed by atoms with Gasteiger partial charge in [0, 0.05) is 12.0 Å². The van der Waals surface area contributed by atoms with Crippen molar-refractivity contribution >= 4 is 6.03 Å². The summed E-state index contributed by atoms with van der Waals surface area (Å²) in [7, 11) is 0. The maximum atomic E-state index is 11.9. The minimum atomic E-state index is -0.126. The van der Waals surface area contributed by atoms with Crippen molar-refractivity contribution < 1.29 is 9.21 Å². The van der Waals surface area contributed by atoms with Crippen molar-refractivity contribution in [1.82, 2.24) is 15.6 Å². The number of hydrogen-bond donors (Lipinski definition) is 2. The number of nitrogens with zero attached hydrogens (tertiary/aromatic N) is 1. The topological polar surface area (TPSA) is 67.2 Å². The molecule has 0 aromatic carbocycles. The molecule has 19 heavy (non-hydrogen) atoms. The van der Waals surface area contributed by atoms with Crippen molar-refractivity contribution in [2.24, 2.45) is 0 Å². The summed E-state index contributed by atoms with van der Waals surface area (Å²) in [5.41, 5.74) is -0.0572. The van der Waals surface area contributed by atoms with Crippen molar-refractivity contribution in [2.75, 3.05) is 0 Å².